The molecular formula is C12H12N2O2S3. The van der Waals surface area contributed by atoms with Crippen LogP contribution in [0, 0.1) is 0 Å². The molecule has 7 heteroatoms. The van der Waals surface area contributed by atoms with Crippen molar-refractivity contribution in [2.75, 3.05) is 0 Å². The zero-order chi connectivity index (χ0) is 13.9. The van der Waals surface area contributed by atoms with Crippen molar-refractivity contribution in [3.8, 4) is 0 Å². The van der Waals surface area contributed by atoms with Gasteiger partial charge in [-0.25, -0.2) is 13.1 Å². The van der Waals surface area contributed by atoms with Gasteiger partial charge >= 0.3 is 0 Å². The van der Waals surface area contributed by atoms with E-state index in [1.54, 1.807) is 18.2 Å². The number of hydrogen-bond acceptors (Lipinski definition) is 4. The van der Waals surface area contributed by atoms with E-state index >= 15 is 0 Å². The van der Waals surface area contributed by atoms with Gasteiger partial charge in [0.1, 0.15) is 4.99 Å². The summed E-state index contributed by atoms with van der Waals surface area (Å²) < 4.78 is 27.0. The van der Waals surface area contributed by atoms with Crippen LogP contribution in [-0.2, 0) is 16.6 Å². The Morgan fingerprint density at radius 2 is 2.00 bits per heavy atom. The SMILES string of the molecule is NC(=S)c1ccccc1S(=O)(=O)NCc1cccs1. The maximum absolute atomic E-state index is 12.2. The van der Waals surface area contributed by atoms with Gasteiger partial charge in [-0.15, -0.1) is 11.3 Å². The minimum Gasteiger partial charge on any atom is -0.389 e. The minimum atomic E-state index is -3.62. The largest absolute Gasteiger partial charge is 0.389 e. The second-order valence-electron chi connectivity index (χ2n) is 3.76. The van der Waals surface area contributed by atoms with Gasteiger partial charge < -0.3 is 5.73 Å². The first-order valence-corrected chi connectivity index (χ1v) is 8.19. The fraction of sp³-hybridized carbons (Fsp3) is 0.0833. The lowest BCUT2D eigenvalue weighted by Gasteiger charge is -2.09. The summed E-state index contributed by atoms with van der Waals surface area (Å²) in [6.07, 6.45) is 0. The van der Waals surface area contributed by atoms with E-state index in [4.69, 9.17) is 18.0 Å². The Morgan fingerprint density at radius 1 is 1.26 bits per heavy atom. The molecule has 3 N–H and O–H groups in total. The molecule has 0 aliphatic heterocycles. The number of thiophene rings is 1. The van der Waals surface area contributed by atoms with Crippen molar-refractivity contribution in [3.05, 3.63) is 52.2 Å². The van der Waals surface area contributed by atoms with Crippen LogP contribution >= 0.6 is 23.6 Å². The second kappa shape index (κ2) is 5.79. The van der Waals surface area contributed by atoms with E-state index in [9.17, 15) is 8.42 Å². The fourth-order valence-electron chi connectivity index (χ4n) is 1.56. The summed E-state index contributed by atoms with van der Waals surface area (Å²) in [5, 5.41) is 1.90. The summed E-state index contributed by atoms with van der Waals surface area (Å²) in [5.41, 5.74) is 5.90. The predicted octanol–water partition coefficient (Wildman–Crippen LogP) is 1.86. The van der Waals surface area contributed by atoms with E-state index < -0.39 is 10.0 Å². The van der Waals surface area contributed by atoms with Crippen molar-refractivity contribution in [3.63, 3.8) is 0 Å². The molecule has 0 aliphatic carbocycles. The molecule has 2 aromatic rings. The Balaban J connectivity index is 2.27. The number of rotatable bonds is 5. The molecule has 100 valence electrons. The van der Waals surface area contributed by atoms with Crippen LogP contribution in [0.15, 0.2) is 46.7 Å². The zero-order valence-corrected chi connectivity index (χ0v) is 12.3. The summed E-state index contributed by atoms with van der Waals surface area (Å²) >= 11 is 6.36. The molecule has 0 atom stereocenters. The zero-order valence-electron chi connectivity index (χ0n) is 9.87. The molecule has 1 aromatic heterocycles. The van der Waals surface area contributed by atoms with Crippen LogP contribution in [-0.4, -0.2) is 13.4 Å². The van der Waals surface area contributed by atoms with E-state index in [2.05, 4.69) is 4.72 Å². The normalized spacial score (nSPS) is 11.4. The van der Waals surface area contributed by atoms with Crippen molar-refractivity contribution in [2.24, 2.45) is 5.73 Å². The van der Waals surface area contributed by atoms with Crippen LogP contribution in [0.4, 0.5) is 0 Å². The second-order valence-corrected chi connectivity index (χ2v) is 6.97. The van der Waals surface area contributed by atoms with Crippen LogP contribution < -0.4 is 10.5 Å². The van der Waals surface area contributed by atoms with Gasteiger partial charge in [0.15, 0.2) is 0 Å². The van der Waals surface area contributed by atoms with Gasteiger partial charge in [-0.1, -0.05) is 36.5 Å². The van der Waals surface area contributed by atoms with Crippen molar-refractivity contribution in [1.82, 2.24) is 4.72 Å². The Morgan fingerprint density at radius 3 is 2.63 bits per heavy atom. The molecule has 0 aliphatic rings. The third-order valence-corrected chi connectivity index (χ3v) is 5.01. The van der Waals surface area contributed by atoms with Crippen LogP contribution in [0.3, 0.4) is 0 Å². The summed E-state index contributed by atoms with van der Waals surface area (Å²) in [6, 6.07) is 10.2. The molecule has 2 rings (SSSR count). The van der Waals surface area contributed by atoms with Gasteiger partial charge in [0.2, 0.25) is 10.0 Å². The van der Waals surface area contributed by atoms with Crippen LogP contribution in [0.25, 0.3) is 0 Å². The molecule has 0 spiro atoms. The van der Waals surface area contributed by atoms with Crippen molar-refractivity contribution in [1.29, 1.82) is 0 Å². The molecule has 0 unspecified atom stereocenters. The molecule has 1 aromatic carbocycles. The number of benzene rings is 1. The van der Waals surface area contributed by atoms with Crippen molar-refractivity contribution < 1.29 is 8.42 Å². The standard InChI is InChI=1S/C12H12N2O2S3/c13-12(17)10-5-1-2-6-11(10)19(15,16)14-8-9-4-3-7-18-9/h1-7,14H,8H2,(H2,13,17). The van der Waals surface area contributed by atoms with E-state index in [1.807, 2.05) is 17.5 Å². The van der Waals surface area contributed by atoms with E-state index in [1.165, 1.54) is 17.4 Å². The summed E-state index contributed by atoms with van der Waals surface area (Å²) in [6.45, 7) is 0.256. The Kier molecular flexibility index (Phi) is 4.31. The van der Waals surface area contributed by atoms with Crippen LogP contribution in [0.5, 0.6) is 0 Å². The maximum Gasteiger partial charge on any atom is 0.241 e. The van der Waals surface area contributed by atoms with Gasteiger partial charge in [0.05, 0.1) is 4.90 Å². The molecule has 4 nitrogen and oxygen atoms in total. The summed E-state index contributed by atoms with van der Waals surface area (Å²) in [7, 11) is -3.62. The number of thiocarbonyl (C=S) groups is 1. The molecule has 0 radical (unpaired) electrons. The predicted molar refractivity (Wildman–Crippen MR) is 80.7 cm³/mol. The lowest BCUT2D eigenvalue weighted by atomic mass is 10.2. The molecule has 1 heterocycles. The average Bonchev–Trinajstić information content (AvgIpc) is 2.89. The molecule has 19 heavy (non-hydrogen) atoms. The van der Waals surface area contributed by atoms with E-state index in [0.29, 0.717) is 5.56 Å². The van der Waals surface area contributed by atoms with E-state index in [-0.39, 0.29) is 16.4 Å². The van der Waals surface area contributed by atoms with Gasteiger partial charge in [-0.3, -0.25) is 0 Å². The van der Waals surface area contributed by atoms with Gasteiger partial charge in [0, 0.05) is 17.0 Å². The van der Waals surface area contributed by atoms with Gasteiger partial charge in [0.25, 0.3) is 0 Å². The Bertz CT molecular complexity index is 679. The molecule has 0 saturated heterocycles. The summed E-state index contributed by atoms with van der Waals surface area (Å²) in [5.74, 6) is 0. The van der Waals surface area contributed by atoms with Crippen molar-refractivity contribution >= 4 is 38.6 Å². The number of nitrogens with one attached hydrogen (secondary N) is 1. The van der Waals surface area contributed by atoms with Crippen LogP contribution in [0.2, 0.25) is 0 Å². The highest BCUT2D eigenvalue weighted by atomic mass is 32.2. The molecule has 0 amide bonds. The first kappa shape index (κ1) is 14.1. The third-order valence-electron chi connectivity index (χ3n) is 2.46. The van der Waals surface area contributed by atoms with Gasteiger partial charge in [-0.05, 0) is 17.5 Å². The lowest BCUT2D eigenvalue weighted by molar-refractivity contribution is 0.581. The highest BCUT2D eigenvalue weighted by Gasteiger charge is 2.19. The number of nitrogens with two attached hydrogens (primary N) is 1. The highest BCUT2D eigenvalue weighted by Crippen LogP contribution is 2.16. The molecule has 0 bridgehead atoms. The molecule has 0 saturated carbocycles. The highest BCUT2D eigenvalue weighted by molar-refractivity contribution is 7.89. The molecular weight excluding hydrogens is 300 g/mol. The number of hydrogen-bond donors (Lipinski definition) is 2. The minimum absolute atomic E-state index is 0.0668. The quantitative estimate of drug-likeness (QED) is 0.827. The first-order valence-electron chi connectivity index (χ1n) is 5.41. The van der Waals surface area contributed by atoms with E-state index in [0.717, 1.165) is 4.88 Å². The Labute approximate surface area is 121 Å². The monoisotopic (exact) mass is 312 g/mol. The lowest BCUT2D eigenvalue weighted by Crippen LogP contribution is -2.26. The number of sulfonamides is 1. The van der Waals surface area contributed by atoms with Crippen molar-refractivity contribution in [2.45, 2.75) is 11.4 Å². The topological polar surface area (TPSA) is 72.2 Å². The molecule has 0 fully saturated rings. The first-order chi connectivity index (χ1) is 9.00. The third kappa shape index (κ3) is 3.38. The Hall–Kier alpha value is -1.28. The van der Waals surface area contributed by atoms with Gasteiger partial charge in [-0.2, -0.15) is 0 Å². The fourth-order valence-corrected chi connectivity index (χ4v) is 3.77. The summed E-state index contributed by atoms with van der Waals surface area (Å²) in [4.78, 5) is 1.12. The average molecular weight is 312 g/mol. The maximum atomic E-state index is 12.2. The van der Waals surface area contributed by atoms with Crippen LogP contribution in [0.1, 0.15) is 10.4 Å². The smallest absolute Gasteiger partial charge is 0.241 e.